The van der Waals surface area contributed by atoms with Gasteiger partial charge in [-0.15, -0.1) is 11.3 Å². The molecule has 112 valence electrons. The van der Waals surface area contributed by atoms with Crippen LogP contribution in [0.1, 0.15) is 31.1 Å². The Kier molecular flexibility index (Phi) is 7.08. The first-order valence-electron chi connectivity index (χ1n) is 6.72. The number of thiophene rings is 1. The Morgan fingerprint density at radius 2 is 2.20 bits per heavy atom. The molecule has 1 heterocycles. The summed E-state index contributed by atoms with van der Waals surface area (Å²) in [5.74, 6) is -0.467. The van der Waals surface area contributed by atoms with Gasteiger partial charge in [0, 0.05) is 24.9 Å². The van der Waals surface area contributed by atoms with Crippen molar-refractivity contribution in [2.45, 2.75) is 32.7 Å². The Morgan fingerprint density at radius 1 is 1.45 bits per heavy atom. The van der Waals surface area contributed by atoms with E-state index in [9.17, 15) is 9.59 Å². The summed E-state index contributed by atoms with van der Waals surface area (Å²) in [6.07, 6.45) is 1.63. The molecule has 1 aromatic heterocycles. The largest absolute Gasteiger partial charge is 0.481 e. The molecule has 0 saturated carbocycles. The molecule has 0 bridgehead atoms. The molecule has 5 nitrogen and oxygen atoms in total. The topological polar surface area (TPSA) is 69.6 Å². The number of carboxylic acids is 1. The maximum atomic E-state index is 11.8. The second-order valence-corrected chi connectivity index (χ2v) is 6.03. The third kappa shape index (κ3) is 6.56. The van der Waals surface area contributed by atoms with Crippen molar-refractivity contribution in [1.82, 2.24) is 10.2 Å². The van der Waals surface area contributed by atoms with Crippen molar-refractivity contribution in [1.29, 1.82) is 0 Å². The van der Waals surface area contributed by atoms with E-state index in [0.29, 0.717) is 25.4 Å². The van der Waals surface area contributed by atoms with Gasteiger partial charge in [0.15, 0.2) is 0 Å². The van der Waals surface area contributed by atoms with E-state index in [-0.39, 0.29) is 12.5 Å². The summed E-state index contributed by atoms with van der Waals surface area (Å²) in [5.41, 5.74) is 0. The molecule has 0 aliphatic rings. The van der Waals surface area contributed by atoms with E-state index >= 15 is 0 Å². The van der Waals surface area contributed by atoms with Crippen LogP contribution in [-0.4, -0.2) is 35.6 Å². The van der Waals surface area contributed by atoms with E-state index in [1.807, 2.05) is 24.4 Å². The molecule has 1 rings (SSSR count). The quantitative estimate of drug-likeness (QED) is 0.775. The maximum absolute atomic E-state index is 11.8. The van der Waals surface area contributed by atoms with Crippen LogP contribution in [-0.2, 0) is 11.3 Å². The predicted molar refractivity (Wildman–Crippen MR) is 79.8 cm³/mol. The monoisotopic (exact) mass is 298 g/mol. The summed E-state index contributed by atoms with van der Waals surface area (Å²) in [4.78, 5) is 25.1. The van der Waals surface area contributed by atoms with E-state index in [1.54, 1.807) is 23.3 Å². The number of carbonyl (C=O) groups is 2. The third-order valence-electron chi connectivity index (χ3n) is 3.08. The molecular weight excluding hydrogens is 276 g/mol. The zero-order chi connectivity index (χ0) is 15.0. The van der Waals surface area contributed by atoms with Crippen LogP contribution in [0.3, 0.4) is 0 Å². The number of nitrogens with zero attached hydrogens (tertiary/aromatic N) is 1. The van der Waals surface area contributed by atoms with Crippen molar-refractivity contribution in [3.05, 3.63) is 22.4 Å². The van der Waals surface area contributed by atoms with Crippen LogP contribution in [0.2, 0.25) is 0 Å². The van der Waals surface area contributed by atoms with E-state index in [2.05, 4.69) is 5.32 Å². The Bertz CT molecular complexity index is 420. The van der Waals surface area contributed by atoms with Gasteiger partial charge in [-0.1, -0.05) is 13.0 Å². The average Bonchev–Trinajstić information content (AvgIpc) is 2.89. The molecule has 0 spiro atoms. The highest BCUT2D eigenvalue weighted by Crippen LogP contribution is 2.11. The Morgan fingerprint density at radius 3 is 2.80 bits per heavy atom. The van der Waals surface area contributed by atoms with Gasteiger partial charge in [0.2, 0.25) is 0 Å². The summed E-state index contributed by atoms with van der Waals surface area (Å²) in [6, 6.07) is 3.88. The molecule has 0 aromatic carbocycles. The van der Waals surface area contributed by atoms with Gasteiger partial charge < -0.3 is 15.3 Å². The van der Waals surface area contributed by atoms with Crippen LogP contribution >= 0.6 is 11.3 Å². The van der Waals surface area contributed by atoms with Gasteiger partial charge in [-0.3, -0.25) is 4.79 Å². The highest BCUT2D eigenvalue weighted by atomic mass is 32.1. The lowest BCUT2D eigenvalue weighted by molar-refractivity contribution is -0.137. The fraction of sp³-hybridized carbons (Fsp3) is 0.571. The zero-order valence-corrected chi connectivity index (χ0v) is 12.8. The number of carbonyl (C=O) groups excluding carboxylic acids is 1. The number of carboxylic acid groups (broad SMARTS) is 1. The molecule has 6 heteroatoms. The highest BCUT2D eigenvalue weighted by molar-refractivity contribution is 7.09. The van der Waals surface area contributed by atoms with Crippen LogP contribution < -0.4 is 5.32 Å². The lowest BCUT2D eigenvalue weighted by Crippen LogP contribution is -2.37. The van der Waals surface area contributed by atoms with Crippen molar-refractivity contribution >= 4 is 23.3 Å². The van der Waals surface area contributed by atoms with Gasteiger partial charge in [-0.05, 0) is 30.2 Å². The first-order valence-corrected chi connectivity index (χ1v) is 7.60. The van der Waals surface area contributed by atoms with Gasteiger partial charge in [0.25, 0.3) is 0 Å². The normalized spacial score (nSPS) is 11.9. The fourth-order valence-corrected chi connectivity index (χ4v) is 2.54. The average molecular weight is 298 g/mol. The second-order valence-electron chi connectivity index (χ2n) is 4.99. The van der Waals surface area contributed by atoms with Crippen molar-refractivity contribution in [2.24, 2.45) is 5.92 Å². The standard InChI is InChI=1S/C14H22N2O3S/c1-11(5-6-13(17)18)7-8-15-14(19)16(2)10-12-4-3-9-20-12/h3-4,9,11H,5-8,10H2,1-2H3,(H,15,19)(H,17,18). The molecule has 0 saturated heterocycles. The summed E-state index contributed by atoms with van der Waals surface area (Å²) in [5, 5.41) is 13.4. The molecule has 2 amide bonds. The Hall–Kier alpha value is -1.56. The number of nitrogens with one attached hydrogen (secondary N) is 1. The second kappa shape index (κ2) is 8.58. The molecule has 2 N–H and O–H groups in total. The zero-order valence-electron chi connectivity index (χ0n) is 12.0. The van der Waals surface area contributed by atoms with E-state index in [4.69, 9.17) is 5.11 Å². The van der Waals surface area contributed by atoms with Crippen LogP contribution in [0.4, 0.5) is 4.79 Å². The van der Waals surface area contributed by atoms with E-state index in [0.717, 1.165) is 11.3 Å². The molecule has 0 aliphatic heterocycles. The highest BCUT2D eigenvalue weighted by Gasteiger charge is 2.10. The molecular formula is C14H22N2O3S. The van der Waals surface area contributed by atoms with Crippen molar-refractivity contribution < 1.29 is 14.7 Å². The molecule has 20 heavy (non-hydrogen) atoms. The van der Waals surface area contributed by atoms with Crippen LogP contribution in [0.25, 0.3) is 0 Å². The molecule has 1 aromatic rings. The minimum absolute atomic E-state index is 0.0937. The number of hydrogen-bond donors (Lipinski definition) is 2. The minimum Gasteiger partial charge on any atom is -0.481 e. The number of aliphatic carboxylic acids is 1. The van der Waals surface area contributed by atoms with E-state index in [1.165, 1.54) is 0 Å². The minimum atomic E-state index is -0.767. The van der Waals surface area contributed by atoms with Gasteiger partial charge in [0.05, 0.1) is 6.54 Å². The summed E-state index contributed by atoms with van der Waals surface area (Å²) < 4.78 is 0. The van der Waals surface area contributed by atoms with Crippen molar-refractivity contribution in [3.8, 4) is 0 Å². The lowest BCUT2D eigenvalue weighted by atomic mass is 10.0. The van der Waals surface area contributed by atoms with Crippen molar-refractivity contribution in [2.75, 3.05) is 13.6 Å². The fourth-order valence-electron chi connectivity index (χ4n) is 1.78. The SMILES string of the molecule is CC(CCNC(=O)N(C)Cc1cccs1)CCC(=O)O. The summed E-state index contributed by atoms with van der Waals surface area (Å²) in [7, 11) is 1.77. The summed E-state index contributed by atoms with van der Waals surface area (Å²) >= 11 is 1.63. The molecule has 0 radical (unpaired) electrons. The number of amides is 2. The predicted octanol–water partition coefficient (Wildman–Crippen LogP) is 2.78. The van der Waals surface area contributed by atoms with Crippen LogP contribution in [0.15, 0.2) is 17.5 Å². The third-order valence-corrected chi connectivity index (χ3v) is 3.95. The maximum Gasteiger partial charge on any atom is 0.317 e. The van der Waals surface area contributed by atoms with Gasteiger partial charge in [-0.2, -0.15) is 0 Å². The Balaban J connectivity index is 2.17. The smallest absolute Gasteiger partial charge is 0.317 e. The molecule has 0 aliphatic carbocycles. The van der Waals surface area contributed by atoms with E-state index < -0.39 is 5.97 Å². The van der Waals surface area contributed by atoms with Crippen molar-refractivity contribution in [3.63, 3.8) is 0 Å². The Labute approximate surface area is 123 Å². The molecule has 1 atom stereocenters. The van der Waals surface area contributed by atoms with Crippen LogP contribution in [0, 0.1) is 5.92 Å². The lowest BCUT2D eigenvalue weighted by Gasteiger charge is -2.18. The van der Waals surface area contributed by atoms with Gasteiger partial charge in [-0.25, -0.2) is 4.79 Å². The van der Waals surface area contributed by atoms with Gasteiger partial charge in [0.1, 0.15) is 0 Å². The molecule has 1 unspecified atom stereocenters. The first kappa shape index (κ1) is 16.5. The van der Waals surface area contributed by atoms with Gasteiger partial charge >= 0.3 is 12.0 Å². The first-order chi connectivity index (χ1) is 9.49. The summed E-state index contributed by atoms with van der Waals surface area (Å²) in [6.45, 7) is 3.19. The number of urea groups is 1. The molecule has 0 fully saturated rings. The number of rotatable bonds is 8. The van der Waals surface area contributed by atoms with Crippen LogP contribution in [0.5, 0.6) is 0 Å². The number of hydrogen-bond acceptors (Lipinski definition) is 3.